The number of ether oxygens (including phenoxy) is 2. The summed E-state index contributed by atoms with van der Waals surface area (Å²) in [5.74, 6) is -1.02. The smallest absolute Gasteiger partial charge is 0.435 e. The predicted molar refractivity (Wildman–Crippen MR) is 53.4 cm³/mol. The van der Waals surface area contributed by atoms with Crippen LogP contribution in [-0.4, -0.2) is 28.6 Å². The summed E-state index contributed by atoms with van der Waals surface area (Å²) >= 11 is 4.65. The second-order valence-corrected chi connectivity index (χ2v) is 3.95. The number of carbonyl (C=O) groups is 1. The number of carbonyl (C=O) groups excluding carboxylic acids is 1. The maximum absolute atomic E-state index is 12.3. The molecule has 15 heavy (non-hydrogen) atoms. The van der Waals surface area contributed by atoms with Gasteiger partial charge in [0, 0.05) is 6.92 Å². The lowest BCUT2D eigenvalue weighted by molar-refractivity contribution is -0.195. The molecule has 0 amide bonds. The van der Waals surface area contributed by atoms with E-state index >= 15 is 0 Å². The number of hydrogen-bond acceptors (Lipinski definition) is 5. The molecule has 0 aliphatic heterocycles. The molecule has 0 rings (SSSR count). The second-order valence-electron chi connectivity index (χ2n) is 2.28. The predicted octanol–water partition coefficient (Wildman–Crippen LogP) is 2.49. The lowest BCUT2D eigenvalue weighted by Gasteiger charge is -2.19. The third-order valence-corrected chi connectivity index (χ3v) is 2.30. The number of thioether (sulfide) groups is 1. The molecule has 0 spiro atoms. The lowest BCUT2D eigenvalue weighted by Crippen LogP contribution is -2.31. The first kappa shape index (κ1) is 14.5. The van der Waals surface area contributed by atoms with E-state index in [1.54, 1.807) is 6.92 Å². The molecule has 0 aliphatic carbocycles. The molecule has 0 aromatic carbocycles. The zero-order valence-corrected chi connectivity index (χ0v) is 9.59. The number of rotatable bonds is 3. The van der Waals surface area contributed by atoms with Crippen molar-refractivity contribution in [2.45, 2.75) is 25.5 Å². The van der Waals surface area contributed by atoms with Gasteiger partial charge in [0.2, 0.25) is 4.38 Å². The summed E-state index contributed by atoms with van der Waals surface area (Å²) < 4.78 is 45.2. The number of hydrogen-bond donors (Lipinski definition) is 0. The molecule has 0 radical (unpaired) electrons. The van der Waals surface area contributed by atoms with Crippen molar-refractivity contribution in [2.24, 2.45) is 0 Å². The van der Waals surface area contributed by atoms with E-state index in [4.69, 9.17) is 0 Å². The molecule has 0 saturated heterocycles. The fraction of sp³-hybridized carbons (Fsp3) is 0.714. The highest BCUT2D eigenvalue weighted by atomic mass is 32.2. The van der Waals surface area contributed by atoms with Crippen LogP contribution < -0.4 is 0 Å². The van der Waals surface area contributed by atoms with Crippen LogP contribution >= 0.6 is 24.0 Å². The third kappa shape index (κ3) is 6.56. The van der Waals surface area contributed by atoms with Crippen LogP contribution in [0.1, 0.15) is 13.8 Å². The topological polar surface area (TPSA) is 35.5 Å². The number of alkyl halides is 3. The molecule has 0 saturated carbocycles. The van der Waals surface area contributed by atoms with E-state index in [1.165, 1.54) is 0 Å². The van der Waals surface area contributed by atoms with Gasteiger partial charge >= 0.3 is 12.1 Å². The van der Waals surface area contributed by atoms with Gasteiger partial charge in [-0.2, -0.15) is 13.2 Å². The zero-order chi connectivity index (χ0) is 12.1. The Balaban J connectivity index is 4.38. The number of halogens is 3. The molecule has 0 aromatic rings. The van der Waals surface area contributed by atoms with Gasteiger partial charge in [-0.25, -0.2) is 0 Å². The van der Waals surface area contributed by atoms with E-state index in [-0.39, 0.29) is 22.8 Å². The van der Waals surface area contributed by atoms with E-state index in [0.29, 0.717) is 0 Å². The van der Waals surface area contributed by atoms with Crippen molar-refractivity contribution in [2.75, 3.05) is 6.61 Å². The molecule has 0 bridgehead atoms. The summed E-state index contributed by atoms with van der Waals surface area (Å²) in [6, 6.07) is 0. The Morgan fingerprint density at radius 3 is 2.40 bits per heavy atom. The van der Waals surface area contributed by atoms with E-state index in [1.807, 2.05) is 0 Å². The van der Waals surface area contributed by atoms with Gasteiger partial charge in [-0.05, 0) is 30.9 Å². The largest absolute Gasteiger partial charge is 0.479 e. The summed E-state index contributed by atoms with van der Waals surface area (Å²) in [4.78, 5) is 10.4. The summed E-state index contributed by atoms with van der Waals surface area (Å²) in [5, 5.41) is 0. The minimum absolute atomic E-state index is 0.146. The van der Waals surface area contributed by atoms with Crippen molar-refractivity contribution in [1.29, 1.82) is 0 Å². The zero-order valence-electron chi connectivity index (χ0n) is 7.96. The van der Waals surface area contributed by atoms with Crippen molar-refractivity contribution < 1.29 is 27.4 Å². The van der Waals surface area contributed by atoms with E-state index in [2.05, 4.69) is 21.7 Å². The molecule has 0 aliphatic rings. The normalized spacial score (nSPS) is 13.1. The molecule has 0 N–H and O–H groups in total. The SMILES string of the molecule is CCOC(=S)SC(OC(C)=O)C(F)(F)F. The first-order chi connectivity index (χ1) is 6.77. The van der Waals surface area contributed by atoms with E-state index in [9.17, 15) is 18.0 Å². The van der Waals surface area contributed by atoms with Gasteiger partial charge in [-0.1, -0.05) is 0 Å². The van der Waals surface area contributed by atoms with Crippen LogP contribution in [0.15, 0.2) is 0 Å². The van der Waals surface area contributed by atoms with Crippen LogP contribution in [0.25, 0.3) is 0 Å². The Morgan fingerprint density at radius 2 is 2.07 bits per heavy atom. The van der Waals surface area contributed by atoms with Crippen LogP contribution in [0.2, 0.25) is 0 Å². The fourth-order valence-corrected chi connectivity index (χ4v) is 1.61. The van der Waals surface area contributed by atoms with Crippen molar-refractivity contribution in [3.05, 3.63) is 0 Å². The van der Waals surface area contributed by atoms with Crippen molar-refractivity contribution in [1.82, 2.24) is 0 Å². The standard InChI is InChI=1S/C7H9F3O3S2/c1-3-12-6(14)15-5(7(8,9)10)13-4(2)11/h5H,3H2,1-2H3. The van der Waals surface area contributed by atoms with Crippen molar-refractivity contribution >= 4 is 34.3 Å². The van der Waals surface area contributed by atoms with Gasteiger partial charge in [0.25, 0.3) is 5.44 Å². The second kappa shape index (κ2) is 6.16. The maximum atomic E-state index is 12.3. The van der Waals surface area contributed by atoms with Crippen LogP contribution in [-0.2, 0) is 14.3 Å². The van der Waals surface area contributed by atoms with Gasteiger partial charge in [0.05, 0.1) is 6.61 Å². The number of esters is 1. The molecule has 88 valence electrons. The molecule has 0 fully saturated rings. The molecule has 0 heterocycles. The molecule has 1 atom stereocenters. The van der Waals surface area contributed by atoms with Crippen LogP contribution in [0.4, 0.5) is 13.2 Å². The van der Waals surface area contributed by atoms with Gasteiger partial charge in [-0.3, -0.25) is 4.79 Å². The monoisotopic (exact) mass is 262 g/mol. The highest BCUT2D eigenvalue weighted by molar-refractivity contribution is 8.22. The van der Waals surface area contributed by atoms with E-state index in [0.717, 1.165) is 6.92 Å². The maximum Gasteiger partial charge on any atom is 0.435 e. The van der Waals surface area contributed by atoms with Crippen LogP contribution in [0.5, 0.6) is 0 Å². The Bertz CT molecular complexity index is 242. The van der Waals surface area contributed by atoms with E-state index < -0.39 is 17.6 Å². The first-order valence-corrected chi connectivity index (χ1v) is 5.13. The fourth-order valence-electron chi connectivity index (χ4n) is 0.548. The quantitative estimate of drug-likeness (QED) is 0.443. The summed E-state index contributed by atoms with van der Waals surface area (Å²) in [6.07, 6.45) is -4.67. The molecule has 0 aromatic heterocycles. The van der Waals surface area contributed by atoms with Gasteiger partial charge in [-0.15, -0.1) is 0 Å². The molecular formula is C7H9F3O3S2. The Kier molecular flexibility index (Phi) is 5.96. The molecular weight excluding hydrogens is 253 g/mol. The highest BCUT2D eigenvalue weighted by Crippen LogP contribution is 2.32. The van der Waals surface area contributed by atoms with Crippen molar-refractivity contribution in [3.63, 3.8) is 0 Å². The summed E-state index contributed by atoms with van der Waals surface area (Å²) in [5.41, 5.74) is -2.31. The minimum Gasteiger partial charge on any atom is -0.479 e. The minimum atomic E-state index is -4.67. The molecule has 8 heteroatoms. The van der Waals surface area contributed by atoms with Gasteiger partial charge in [0.15, 0.2) is 0 Å². The summed E-state index contributed by atoms with van der Waals surface area (Å²) in [7, 11) is 0. The Labute approximate surface area is 94.3 Å². The van der Waals surface area contributed by atoms with Crippen LogP contribution in [0, 0.1) is 0 Å². The molecule has 3 nitrogen and oxygen atoms in total. The Hall–Kier alpha value is -0.500. The van der Waals surface area contributed by atoms with Gasteiger partial charge < -0.3 is 9.47 Å². The number of thiocarbonyl (C=S) groups is 1. The van der Waals surface area contributed by atoms with Crippen LogP contribution in [0.3, 0.4) is 0 Å². The average Bonchev–Trinajstić information content (AvgIpc) is 2.00. The lowest BCUT2D eigenvalue weighted by atomic mass is 10.7. The Morgan fingerprint density at radius 1 is 1.53 bits per heavy atom. The van der Waals surface area contributed by atoms with Crippen molar-refractivity contribution in [3.8, 4) is 0 Å². The first-order valence-electron chi connectivity index (χ1n) is 3.84. The molecule has 1 unspecified atom stereocenters. The summed E-state index contributed by atoms with van der Waals surface area (Å²) in [6.45, 7) is 2.64. The average molecular weight is 262 g/mol. The highest BCUT2D eigenvalue weighted by Gasteiger charge is 2.44. The van der Waals surface area contributed by atoms with Gasteiger partial charge in [0.1, 0.15) is 0 Å². The third-order valence-electron chi connectivity index (χ3n) is 1.01.